The van der Waals surface area contributed by atoms with Crippen molar-refractivity contribution in [2.24, 2.45) is 0 Å². The van der Waals surface area contributed by atoms with Crippen molar-refractivity contribution >= 4 is 11.8 Å². The average molecular weight is 433 g/mol. The number of rotatable bonds is 9. The maximum Gasteiger partial charge on any atom is 0.243 e. The first kappa shape index (κ1) is 23.2. The summed E-state index contributed by atoms with van der Waals surface area (Å²) in [5.74, 6) is -0.669. The second-order valence-corrected chi connectivity index (χ2v) is 7.91. The van der Waals surface area contributed by atoms with Gasteiger partial charge < -0.3 is 10.2 Å². The van der Waals surface area contributed by atoms with Crippen LogP contribution in [-0.4, -0.2) is 22.8 Å². The van der Waals surface area contributed by atoms with Gasteiger partial charge >= 0.3 is 0 Å². The minimum absolute atomic E-state index is 0.124. The van der Waals surface area contributed by atoms with Gasteiger partial charge in [0.15, 0.2) is 0 Å². The molecule has 4 nitrogen and oxygen atoms in total. The smallest absolute Gasteiger partial charge is 0.243 e. The van der Waals surface area contributed by atoms with Crippen molar-refractivity contribution in [2.75, 3.05) is 0 Å². The Morgan fingerprint density at radius 3 is 2.12 bits per heavy atom. The monoisotopic (exact) mass is 432 g/mol. The molecule has 0 saturated carbocycles. The summed E-state index contributed by atoms with van der Waals surface area (Å²) >= 11 is 0. The van der Waals surface area contributed by atoms with Crippen LogP contribution in [0.15, 0.2) is 78.9 Å². The van der Waals surface area contributed by atoms with Crippen molar-refractivity contribution in [2.45, 2.75) is 45.8 Å². The van der Waals surface area contributed by atoms with E-state index >= 15 is 0 Å². The topological polar surface area (TPSA) is 49.4 Å². The number of nitrogens with one attached hydrogen (secondary N) is 1. The molecule has 1 N–H and O–H groups in total. The molecule has 3 aromatic rings. The predicted octanol–water partition coefficient (Wildman–Crippen LogP) is 4.80. The van der Waals surface area contributed by atoms with E-state index in [1.807, 2.05) is 61.5 Å². The standard InChI is InChI=1S/C27H29FN2O2/c1-3-26(31)30(19-23-13-15-24(28)16-14-23)25(17-21-7-5-4-6-8-21)27(32)29-18-22-11-9-20(2)10-12-22/h4-16,25H,3,17-19H2,1-2H3,(H,29,32)/t25-/m1/s1. The highest BCUT2D eigenvalue weighted by atomic mass is 19.1. The summed E-state index contributed by atoms with van der Waals surface area (Å²) < 4.78 is 13.4. The molecule has 2 amide bonds. The molecule has 0 saturated heterocycles. The van der Waals surface area contributed by atoms with Crippen LogP contribution < -0.4 is 5.32 Å². The largest absolute Gasteiger partial charge is 0.350 e. The molecule has 0 fully saturated rings. The van der Waals surface area contributed by atoms with Crippen LogP contribution in [0.4, 0.5) is 4.39 Å². The van der Waals surface area contributed by atoms with E-state index in [1.165, 1.54) is 12.1 Å². The van der Waals surface area contributed by atoms with Crippen LogP contribution in [-0.2, 0) is 29.1 Å². The van der Waals surface area contributed by atoms with Crippen molar-refractivity contribution in [1.29, 1.82) is 0 Å². The SMILES string of the molecule is CCC(=O)N(Cc1ccc(F)cc1)[C@H](Cc1ccccc1)C(=O)NCc1ccc(C)cc1. The second-order valence-electron chi connectivity index (χ2n) is 7.91. The Hall–Kier alpha value is -3.47. The molecule has 0 aliphatic carbocycles. The van der Waals surface area contributed by atoms with Crippen LogP contribution >= 0.6 is 0 Å². The van der Waals surface area contributed by atoms with E-state index in [2.05, 4.69) is 5.32 Å². The fraction of sp³-hybridized carbons (Fsp3) is 0.259. The van der Waals surface area contributed by atoms with Crippen molar-refractivity contribution in [3.63, 3.8) is 0 Å². The maximum atomic E-state index is 13.4. The zero-order valence-electron chi connectivity index (χ0n) is 18.6. The van der Waals surface area contributed by atoms with Crippen molar-refractivity contribution < 1.29 is 14.0 Å². The number of aryl methyl sites for hydroxylation is 1. The summed E-state index contributed by atoms with van der Waals surface area (Å²) in [4.78, 5) is 27.8. The maximum absolute atomic E-state index is 13.4. The third-order valence-electron chi connectivity index (χ3n) is 5.43. The Balaban J connectivity index is 1.84. The first-order chi connectivity index (χ1) is 15.5. The molecule has 0 heterocycles. The quantitative estimate of drug-likeness (QED) is 0.528. The van der Waals surface area contributed by atoms with E-state index in [9.17, 15) is 14.0 Å². The van der Waals surface area contributed by atoms with Gasteiger partial charge in [-0.15, -0.1) is 0 Å². The lowest BCUT2D eigenvalue weighted by Crippen LogP contribution is -2.50. The third-order valence-corrected chi connectivity index (χ3v) is 5.43. The summed E-state index contributed by atoms with van der Waals surface area (Å²) in [6.45, 7) is 4.42. The van der Waals surface area contributed by atoms with Crippen molar-refractivity contribution in [3.8, 4) is 0 Å². The van der Waals surface area contributed by atoms with Crippen LogP contribution in [0, 0.1) is 12.7 Å². The van der Waals surface area contributed by atoms with Crippen LogP contribution in [0.3, 0.4) is 0 Å². The Morgan fingerprint density at radius 2 is 1.50 bits per heavy atom. The van der Waals surface area contributed by atoms with Gasteiger partial charge in [-0.2, -0.15) is 0 Å². The Labute approximate surface area is 189 Å². The fourth-order valence-corrected chi connectivity index (χ4v) is 3.56. The van der Waals surface area contributed by atoms with Crippen molar-refractivity contribution in [3.05, 3.63) is 107 Å². The summed E-state index contributed by atoms with van der Waals surface area (Å²) in [6.07, 6.45) is 0.672. The number of carbonyl (C=O) groups is 2. The molecule has 0 aliphatic heterocycles. The summed E-state index contributed by atoms with van der Waals surface area (Å²) in [5, 5.41) is 3.00. The number of hydrogen-bond donors (Lipinski definition) is 1. The number of carbonyl (C=O) groups excluding carboxylic acids is 2. The third kappa shape index (κ3) is 6.51. The molecule has 0 aliphatic rings. The average Bonchev–Trinajstić information content (AvgIpc) is 2.82. The molecule has 166 valence electrons. The molecule has 3 aromatic carbocycles. The number of hydrogen-bond acceptors (Lipinski definition) is 2. The number of halogens is 1. The molecule has 0 unspecified atom stereocenters. The highest BCUT2D eigenvalue weighted by Gasteiger charge is 2.29. The highest BCUT2D eigenvalue weighted by molar-refractivity contribution is 5.87. The van der Waals surface area contributed by atoms with Crippen molar-refractivity contribution in [1.82, 2.24) is 10.2 Å². The zero-order chi connectivity index (χ0) is 22.9. The number of benzene rings is 3. The van der Waals surface area contributed by atoms with Crippen LogP contribution in [0.5, 0.6) is 0 Å². The first-order valence-electron chi connectivity index (χ1n) is 10.9. The number of nitrogens with zero attached hydrogens (tertiary/aromatic N) is 1. The zero-order valence-corrected chi connectivity index (χ0v) is 18.6. The van der Waals surface area contributed by atoms with Gasteiger partial charge in [-0.05, 0) is 35.7 Å². The molecule has 3 rings (SSSR count). The lowest BCUT2D eigenvalue weighted by molar-refractivity contribution is -0.141. The number of amides is 2. The van der Waals surface area contributed by atoms with Gasteiger partial charge in [-0.25, -0.2) is 4.39 Å². The summed E-state index contributed by atoms with van der Waals surface area (Å²) in [5.41, 5.74) is 3.89. The van der Waals surface area contributed by atoms with E-state index in [0.717, 1.165) is 22.3 Å². The molecule has 5 heteroatoms. The van der Waals surface area contributed by atoms with Gasteiger partial charge in [0.2, 0.25) is 11.8 Å². The minimum Gasteiger partial charge on any atom is -0.350 e. The Kier molecular flexibility index (Phi) is 8.14. The van der Waals surface area contributed by atoms with Gasteiger partial charge in [-0.3, -0.25) is 9.59 Å². The van der Waals surface area contributed by atoms with E-state index < -0.39 is 6.04 Å². The van der Waals surface area contributed by atoms with Crippen LogP contribution in [0.1, 0.15) is 35.6 Å². The normalized spacial score (nSPS) is 11.6. The fourth-order valence-electron chi connectivity index (χ4n) is 3.56. The van der Waals surface area contributed by atoms with Crippen LogP contribution in [0.25, 0.3) is 0 Å². The summed E-state index contributed by atoms with van der Waals surface area (Å²) in [6, 6.07) is 23.0. The van der Waals surface area contributed by atoms with Gasteiger partial charge in [0.25, 0.3) is 0 Å². The Bertz CT molecular complexity index is 1020. The van der Waals surface area contributed by atoms with Gasteiger partial charge in [0, 0.05) is 25.9 Å². The lowest BCUT2D eigenvalue weighted by atomic mass is 10.0. The highest BCUT2D eigenvalue weighted by Crippen LogP contribution is 2.16. The Morgan fingerprint density at radius 1 is 0.875 bits per heavy atom. The van der Waals surface area contributed by atoms with Crippen LogP contribution in [0.2, 0.25) is 0 Å². The van der Waals surface area contributed by atoms with Gasteiger partial charge in [0.1, 0.15) is 11.9 Å². The molecule has 0 aromatic heterocycles. The van der Waals surface area contributed by atoms with E-state index in [-0.39, 0.29) is 30.6 Å². The molecular weight excluding hydrogens is 403 g/mol. The lowest BCUT2D eigenvalue weighted by Gasteiger charge is -2.31. The minimum atomic E-state index is -0.680. The molecular formula is C27H29FN2O2. The molecule has 0 bridgehead atoms. The summed E-state index contributed by atoms with van der Waals surface area (Å²) in [7, 11) is 0. The van der Waals surface area contributed by atoms with Gasteiger partial charge in [-0.1, -0.05) is 79.2 Å². The van der Waals surface area contributed by atoms with E-state index in [0.29, 0.717) is 13.0 Å². The molecule has 0 radical (unpaired) electrons. The first-order valence-corrected chi connectivity index (χ1v) is 10.9. The second kappa shape index (κ2) is 11.2. The van der Waals surface area contributed by atoms with Gasteiger partial charge in [0.05, 0.1) is 0 Å². The van der Waals surface area contributed by atoms with E-state index in [4.69, 9.17) is 0 Å². The molecule has 1 atom stereocenters. The molecule has 0 spiro atoms. The van der Waals surface area contributed by atoms with E-state index in [1.54, 1.807) is 24.0 Å². The molecule has 32 heavy (non-hydrogen) atoms. The predicted molar refractivity (Wildman–Crippen MR) is 124 cm³/mol.